The zero-order valence-electron chi connectivity index (χ0n) is 19.5. The predicted octanol–water partition coefficient (Wildman–Crippen LogP) is 6.85. The molecule has 1 N–H and O–H groups in total. The van der Waals surface area contributed by atoms with Gasteiger partial charge in [-0.05, 0) is 63.0 Å². The standard InChI is InChI=1S/C22H36F3NO2SSi/c1-16(26-29(27)20(2,3)4)17-12-10-14-19(22(23,24)25)18(17)13-11-15-28-30(8,9)21(5,6)7/h10-14,16,26H,15H2,1-9H3/b13-11-/t16-,29+/m1/s1. The summed E-state index contributed by atoms with van der Waals surface area (Å²) < 4.78 is 61.9. The van der Waals surface area contributed by atoms with E-state index in [1.54, 1.807) is 19.1 Å². The Morgan fingerprint density at radius 2 is 1.70 bits per heavy atom. The first-order chi connectivity index (χ1) is 13.4. The number of halogens is 3. The van der Waals surface area contributed by atoms with Crippen LogP contribution in [0.2, 0.25) is 18.1 Å². The Morgan fingerprint density at radius 1 is 1.13 bits per heavy atom. The van der Waals surface area contributed by atoms with Gasteiger partial charge in [0, 0.05) is 11.4 Å². The molecule has 2 atom stereocenters. The molecule has 0 saturated heterocycles. The van der Waals surface area contributed by atoms with E-state index in [0.29, 0.717) is 5.56 Å². The van der Waals surface area contributed by atoms with Crippen LogP contribution in [0.5, 0.6) is 0 Å². The van der Waals surface area contributed by atoms with Crippen molar-refractivity contribution in [2.75, 3.05) is 6.61 Å². The van der Waals surface area contributed by atoms with E-state index >= 15 is 0 Å². The van der Waals surface area contributed by atoms with Crippen LogP contribution >= 0.6 is 0 Å². The molecule has 8 heteroatoms. The van der Waals surface area contributed by atoms with Crippen molar-refractivity contribution in [2.24, 2.45) is 0 Å². The maximum absolute atomic E-state index is 13.7. The lowest BCUT2D eigenvalue weighted by molar-refractivity contribution is -0.137. The van der Waals surface area contributed by atoms with Crippen molar-refractivity contribution in [1.82, 2.24) is 4.72 Å². The van der Waals surface area contributed by atoms with Gasteiger partial charge in [-0.3, -0.25) is 0 Å². The van der Waals surface area contributed by atoms with E-state index in [2.05, 4.69) is 38.6 Å². The number of alkyl halides is 3. The van der Waals surface area contributed by atoms with Crippen LogP contribution in [0.25, 0.3) is 6.08 Å². The zero-order chi connectivity index (χ0) is 23.5. The maximum atomic E-state index is 13.7. The second kappa shape index (κ2) is 9.77. The van der Waals surface area contributed by atoms with Gasteiger partial charge in [-0.15, -0.1) is 4.72 Å². The van der Waals surface area contributed by atoms with Gasteiger partial charge < -0.3 is 8.98 Å². The lowest BCUT2D eigenvalue weighted by atomic mass is 9.96. The molecule has 0 unspecified atom stereocenters. The molecular weight excluding hydrogens is 427 g/mol. The summed E-state index contributed by atoms with van der Waals surface area (Å²) in [5.41, 5.74) is -0.181. The van der Waals surface area contributed by atoms with Gasteiger partial charge in [-0.1, -0.05) is 45.1 Å². The topological polar surface area (TPSA) is 44.3 Å². The lowest BCUT2D eigenvalue weighted by Crippen LogP contribution is -2.40. The SMILES string of the molecule is C[C@@H](N[S@@+]([O-])C(C)(C)C)c1cccc(C(F)(F)F)c1/C=C\CO[Si](C)(C)C(C)(C)C. The van der Waals surface area contributed by atoms with Crippen molar-refractivity contribution in [3.63, 3.8) is 0 Å². The monoisotopic (exact) mass is 463 g/mol. The average molecular weight is 464 g/mol. The molecule has 1 rings (SSSR count). The second-order valence-electron chi connectivity index (χ2n) is 10.0. The minimum atomic E-state index is -4.49. The molecule has 30 heavy (non-hydrogen) atoms. The Labute approximate surface area is 183 Å². The molecule has 0 radical (unpaired) electrons. The molecule has 1 aromatic rings. The minimum absolute atomic E-state index is 0.0192. The summed E-state index contributed by atoms with van der Waals surface area (Å²) in [7, 11) is -2.00. The molecule has 0 aliphatic heterocycles. The van der Waals surface area contributed by atoms with Gasteiger partial charge in [0.05, 0.1) is 18.2 Å². The highest BCUT2D eigenvalue weighted by Gasteiger charge is 2.37. The number of hydrogen-bond acceptors (Lipinski definition) is 3. The maximum Gasteiger partial charge on any atom is 0.416 e. The normalized spacial score (nSPS) is 16.2. The molecule has 0 fully saturated rings. The van der Waals surface area contributed by atoms with Gasteiger partial charge in [0.15, 0.2) is 8.32 Å². The highest BCUT2D eigenvalue weighted by molar-refractivity contribution is 7.90. The smallest absolute Gasteiger partial charge is 0.416 e. The van der Waals surface area contributed by atoms with E-state index in [-0.39, 0.29) is 17.2 Å². The van der Waals surface area contributed by atoms with Crippen molar-refractivity contribution in [3.8, 4) is 0 Å². The van der Waals surface area contributed by atoms with Crippen LogP contribution in [-0.4, -0.2) is 24.2 Å². The van der Waals surface area contributed by atoms with Crippen LogP contribution in [0.15, 0.2) is 24.3 Å². The van der Waals surface area contributed by atoms with E-state index in [1.807, 2.05) is 20.8 Å². The predicted molar refractivity (Wildman–Crippen MR) is 123 cm³/mol. The zero-order valence-corrected chi connectivity index (χ0v) is 21.3. The molecule has 1 aromatic carbocycles. The second-order valence-corrected chi connectivity index (χ2v) is 16.8. The van der Waals surface area contributed by atoms with Crippen molar-refractivity contribution < 1.29 is 22.2 Å². The average Bonchev–Trinajstić information content (AvgIpc) is 2.55. The summed E-state index contributed by atoms with van der Waals surface area (Å²) in [4.78, 5) is 0. The number of nitrogens with one attached hydrogen (secondary N) is 1. The van der Waals surface area contributed by atoms with Crippen molar-refractivity contribution in [1.29, 1.82) is 0 Å². The van der Waals surface area contributed by atoms with Crippen molar-refractivity contribution in [3.05, 3.63) is 41.0 Å². The van der Waals surface area contributed by atoms with E-state index in [0.717, 1.165) is 6.07 Å². The van der Waals surface area contributed by atoms with Crippen LogP contribution in [-0.2, 0) is 22.0 Å². The summed E-state index contributed by atoms with van der Waals surface area (Å²) in [5.74, 6) is 0. The molecular formula is C22H36F3NO2SSi. The van der Waals surface area contributed by atoms with Gasteiger partial charge in [0.1, 0.15) is 4.75 Å². The molecule has 0 bridgehead atoms. The third-order valence-electron chi connectivity index (χ3n) is 5.38. The van der Waals surface area contributed by atoms with Gasteiger partial charge in [0.25, 0.3) is 0 Å². The van der Waals surface area contributed by atoms with Crippen LogP contribution in [0.3, 0.4) is 0 Å². The van der Waals surface area contributed by atoms with Gasteiger partial charge in [0.2, 0.25) is 0 Å². The number of hydrogen-bond donors (Lipinski definition) is 1. The molecule has 3 nitrogen and oxygen atoms in total. The molecule has 0 spiro atoms. The lowest BCUT2D eigenvalue weighted by Gasteiger charge is -2.35. The fraction of sp³-hybridized carbons (Fsp3) is 0.636. The summed E-state index contributed by atoms with van der Waals surface area (Å²) in [6.07, 6.45) is -1.37. The Morgan fingerprint density at radius 3 is 2.17 bits per heavy atom. The number of rotatable bonds is 7. The number of benzene rings is 1. The minimum Gasteiger partial charge on any atom is -0.598 e. The van der Waals surface area contributed by atoms with Gasteiger partial charge in [-0.25, -0.2) is 0 Å². The summed E-state index contributed by atoms with van der Waals surface area (Å²) in [5, 5.41) is 0.0192. The molecule has 0 saturated carbocycles. The first kappa shape index (κ1) is 27.2. The Kier molecular flexibility index (Phi) is 8.87. The Bertz CT molecular complexity index is 737. The Balaban J connectivity index is 3.21. The van der Waals surface area contributed by atoms with Crippen molar-refractivity contribution in [2.45, 2.75) is 83.6 Å². The molecule has 172 valence electrons. The molecule has 0 aromatic heterocycles. The van der Waals surface area contributed by atoms with Crippen LogP contribution in [0.4, 0.5) is 13.2 Å². The fourth-order valence-electron chi connectivity index (χ4n) is 2.43. The quantitative estimate of drug-likeness (QED) is 0.355. The van der Waals surface area contributed by atoms with Crippen molar-refractivity contribution >= 4 is 25.8 Å². The van der Waals surface area contributed by atoms with Crippen LogP contribution in [0, 0.1) is 0 Å². The summed E-state index contributed by atoms with van der Waals surface area (Å²) in [6, 6.07) is 3.58. The largest absolute Gasteiger partial charge is 0.598 e. The van der Waals surface area contributed by atoms with E-state index in [4.69, 9.17) is 4.43 Å². The Hall–Kier alpha value is -0.803. The molecule has 0 amide bonds. The summed E-state index contributed by atoms with van der Waals surface area (Å²) >= 11 is -1.41. The van der Waals surface area contributed by atoms with Gasteiger partial charge in [-0.2, -0.15) is 13.2 Å². The van der Waals surface area contributed by atoms with Crippen LogP contribution in [0.1, 0.15) is 71.2 Å². The highest BCUT2D eigenvalue weighted by atomic mass is 32.2. The fourth-order valence-corrected chi connectivity index (χ4v) is 4.18. The molecule has 0 aliphatic carbocycles. The van der Waals surface area contributed by atoms with Gasteiger partial charge >= 0.3 is 6.18 Å². The molecule has 0 aliphatic rings. The molecule has 0 heterocycles. The third-order valence-corrected chi connectivity index (χ3v) is 11.6. The first-order valence-corrected chi connectivity index (χ1v) is 14.1. The van der Waals surface area contributed by atoms with E-state index in [9.17, 15) is 17.7 Å². The summed E-state index contributed by atoms with van der Waals surface area (Å²) in [6.45, 7) is 18.0. The van der Waals surface area contributed by atoms with E-state index in [1.165, 1.54) is 12.1 Å². The highest BCUT2D eigenvalue weighted by Crippen LogP contribution is 2.38. The third kappa shape index (κ3) is 7.41. The van der Waals surface area contributed by atoms with E-state index < -0.39 is 42.2 Å². The van der Waals surface area contributed by atoms with Crippen LogP contribution < -0.4 is 4.72 Å². The first-order valence-electron chi connectivity index (χ1n) is 10.1.